The second kappa shape index (κ2) is 8.61. The van der Waals surface area contributed by atoms with Crippen molar-refractivity contribution in [3.63, 3.8) is 0 Å². The first kappa shape index (κ1) is 20.0. The molecule has 0 amide bonds. The van der Waals surface area contributed by atoms with Crippen LogP contribution in [0.2, 0.25) is 0 Å². The van der Waals surface area contributed by atoms with Crippen molar-refractivity contribution >= 4 is 17.5 Å². The lowest BCUT2D eigenvalue weighted by atomic mass is 9.90. The lowest BCUT2D eigenvalue weighted by molar-refractivity contribution is -0.146. The molecule has 0 aliphatic carbocycles. The highest BCUT2D eigenvalue weighted by atomic mass is 16.6. The van der Waals surface area contributed by atoms with Crippen molar-refractivity contribution in [2.75, 3.05) is 26.4 Å². The molecule has 0 atom stereocenters. The second-order valence-electron chi connectivity index (χ2n) is 7.03. The van der Waals surface area contributed by atoms with Crippen LogP contribution in [-0.4, -0.2) is 38.4 Å². The van der Waals surface area contributed by atoms with Crippen molar-refractivity contribution in [2.45, 2.75) is 26.7 Å². The molecule has 2 aliphatic heterocycles. The van der Waals surface area contributed by atoms with Gasteiger partial charge in [-0.05, 0) is 60.4 Å². The molecule has 2 heterocycles. The third kappa shape index (κ3) is 3.77. The molecule has 156 valence electrons. The third-order valence-electron chi connectivity index (χ3n) is 5.17. The molecule has 0 saturated heterocycles. The van der Waals surface area contributed by atoms with E-state index in [-0.39, 0.29) is 18.8 Å². The van der Waals surface area contributed by atoms with Gasteiger partial charge < -0.3 is 18.9 Å². The molecule has 6 nitrogen and oxygen atoms in total. The van der Waals surface area contributed by atoms with Crippen molar-refractivity contribution in [3.05, 3.63) is 64.2 Å². The van der Waals surface area contributed by atoms with E-state index in [9.17, 15) is 9.59 Å². The smallest absolute Gasteiger partial charge is 0.346 e. The topological polar surface area (TPSA) is 71.1 Å². The van der Waals surface area contributed by atoms with Crippen LogP contribution >= 0.6 is 0 Å². The van der Waals surface area contributed by atoms with Crippen LogP contribution in [0, 0.1) is 0 Å². The first-order valence-electron chi connectivity index (χ1n) is 10.2. The number of benzene rings is 2. The molecule has 0 N–H and O–H groups in total. The minimum absolute atomic E-state index is 0.101. The number of esters is 2. The Balaban J connectivity index is 1.94. The lowest BCUT2D eigenvalue weighted by Gasteiger charge is -2.16. The summed E-state index contributed by atoms with van der Waals surface area (Å²) in [6, 6.07) is 11.4. The maximum absolute atomic E-state index is 12.9. The zero-order chi connectivity index (χ0) is 21.1. The summed E-state index contributed by atoms with van der Waals surface area (Å²) >= 11 is 0. The zero-order valence-electron chi connectivity index (χ0n) is 17.2. The SMILES string of the molecule is CCOC(=O)C(C(=O)OCC)=C(c1ccc2c(c1)CCO2)c1ccc2c(c1)CCO2. The Kier molecular flexibility index (Phi) is 5.74. The summed E-state index contributed by atoms with van der Waals surface area (Å²) in [4.78, 5) is 25.8. The normalized spacial score (nSPS) is 13.5. The average Bonchev–Trinajstić information content (AvgIpc) is 3.40. The number of rotatable bonds is 6. The average molecular weight is 408 g/mol. The van der Waals surface area contributed by atoms with Gasteiger partial charge in [-0.1, -0.05) is 12.1 Å². The van der Waals surface area contributed by atoms with E-state index >= 15 is 0 Å². The van der Waals surface area contributed by atoms with Gasteiger partial charge in [0, 0.05) is 18.4 Å². The predicted molar refractivity (Wildman–Crippen MR) is 111 cm³/mol. The van der Waals surface area contributed by atoms with Crippen molar-refractivity contribution < 1.29 is 28.5 Å². The predicted octanol–water partition coefficient (Wildman–Crippen LogP) is 3.48. The van der Waals surface area contributed by atoms with Gasteiger partial charge in [-0.15, -0.1) is 0 Å². The van der Waals surface area contributed by atoms with Gasteiger partial charge in [-0.3, -0.25) is 0 Å². The molecule has 0 saturated carbocycles. The summed E-state index contributed by atoms with van der Waals surface area (Å²) in [5.41, 5.74) is 3.97. The van der Waals surface area contributed by atoms with Crippen LogP contribution in [0.3, 0.4) is 0 Å². The fourth-order valence-corrected chi connectivity index (χ4v) is 3.83. The summed E-state index contributed by atoms with van der Waals surface area (Å²) < 4.78 is 21.7. The molecule has 0 radical (unpaired) electrons. The molecular weight excluding hydrogens is 384 g/mol. The number of ether oxygens (including phenoxy) is 4. The highest BCUT2D eigenvalue weighted by Gasteiger charge is 2.29. The minimum atomic E-state index is -0.695. The molecule has 0 spiro atoms. The molecule has 4 rings (SSSR count). The number of hydrogen-bond donors (Lipinski definition) is 0. The highest BCUT2D eigenvalue weighted by molar-refractivity contribution is 6.22. The molecule has 0 fully saturated rings. The van der Waals surface area contributed by atoms with E-state index in [1.54, 1.807) is 13.8 Å². The van der Waals surface area contributed by atoms with Crippen LogP contribution in [0.4, 0.5) is 0 Å². The van der Waals surface area contributed by atoms with Crippen LogP contribution in [0.25, 0.3) is 5.57 Å². The maximum Gasteiger partial charge on any atom is 0.346 e. The van der Waals surface area contributed by atoms with E-state index < -0.39 is 11.9 Å². The van der Waals surface area contributed by atoms with E-state index in [4.69, 9.17) is 18.9 Å². The monoisotopic (exact) mass is 408 g/mol. The summed E-state index contributed by atoms with van der Waals surface area (Å²) in [5, 5.41) is 0. The quantitative estimate of drug-likeness (QED) is 0.315. The Labute approximate surface area is 175 Å². The highest BCUT2D eigenvalue weighted by Crippen LogP contribution is 2.36. The zero-order valence-corrected chi connectivity index (χ0v) is 17.2. The van der Waals surface area contributed by atoms with Gasteiger partial charge >= 0.3 is 11.9 Å². The van der Waals surface area contributed by atoms with Crippen molar-refractivity contribution in [2.24, 2.45) is 0 Å². The Morgan fingerprint density at radius 1 is 0.800 bits per heavy atom. The lowest BCUT2D eigenvalue weighted by Crippen LogP contribution is -2.20. The van der Waals surface area contributed by atoms with E-state index in [2.05, 4.69) is 0 Å². The number of hydrogen-bond acceptors (Lipinski definition) is 6. The summed E-state index contributed by atoms with van der Waals surface area (Å²) in [5.74, 6) is 0.266. The summed E-state index contributed by atoms with van der Waals surface area (Å²) in [6.07, 6.45) is 1.56. The standard InChI is InChI=1S/C24H24O6/c1-3-27-23(25)22(24(26)28-4-2)21(17-5-7-19-15(13-17)9-11-29-19)18-6-8-20-16(14-18)10-12-30-20/h5-8,13-14H,3-4,9-12H2,1-2H3. The number of carbonyl (C=O) groups is 2. The van der Waals surface area contributed by atoms with Gasteiger partial charge in [0.25, 0.3) is 0 Å². The van der Waals surface area contributed by atoms with E-state index in [1.165, 1.54) is 0 Å². The van der Waals surface area contributed by atoms with Crippen molar-refractivity contribution in [1.82, 2.24) is 0 Å². The van der Waals surface area contributed by atoms with Crippen LogP contribution < -0.4 is 9.47 Å². The molecule has 2 aromatic carbocycles. The fourth-order valence-electron chi connectivity index (χ4n) is 3.83. The van der Waals surface area contributed by atoms with Crippen LogP contribution in [0.5, 0.6) is 11.5 Å². The first-order chi connectivity index (χ1) is 14.6. The van der Waals surface area contributed by atoms with Gasteiger partial charge in [0.05, 0.1) is 26.4 Å². The van der Waals surface area contributed by atoms with Gasteiger partial charge in [0.2, 0.25) is 0 Å². The summed E-state index contributed by atoms with van der Waals surface area (Å²) in [6.45, 7) is 4.98. The largest absolute Gasteiger partial charge is 0.493 e. The second-order valence-corrected chi connectivity index (χ2v) is 7.03. The number of fused-ring (bicyclic) bond motifs is 2. The Morgan fingerprint density at radius 3 is 1.70 bits per heavy atom. The minimum Gasteiger partial charge on any atom is -0.493 e. The fraction of sp³-hybridized carbons (Fsp3) is 0.333. The first-order valence-corrected chi connectivity index (χ1v) is 10.2. The Hall–Kier alpha value is -3.28. The molecule has 30 heavy (non-hydrogen) atoms. The molecule has 6 heteroatoms. The van der Waals surface area contributed by atoms with Crippen molar-refractivity contribution in [3.8, 4) is 11.5 Å². The summed E-state index contributed by atoms with van der Waals surface area (Å²) in [7, 11) is 0. The van der Waals surface area contributed by atoms with E-state index in [1.807, 2.05) is 36.4 Å². The van der Waals surface area contributed by atoms with E-state index in [0.717, 1.165) is 46.6 Å². The maximum atomic E-state index is 12.9. The van der Waals surface area contributed by atoms with Crippen LogP contribution in [0.15, 0.2) is 42.0 Å². The Morgan fingerprint density at radius 2 is 1.27 bits per heavy atom. The molecule has 0 unspecified atom stereocenters. The van der Waals surface area contributed by atoms with Crippen LogP contribution in [-0.2, 0) is 31.9 Å². The van der Waals surface area contributed by atoms with Gasteiger partial charge in [0.1, 0.15) is 11.5 Å². The van der Waals surface area contributed by atoms with Crippen LogP contribution in [0.1, 0.15) is 36.1 Å². The molecule has 2 aliphatic rings. The van der Waals surface area contributed by atoms with Crippen molar-refractivity contribution in [1.29, 1.82) is 0 Å². The van der Waals surface area contributed by atoms with Gasteiger partial charge in [-0.25, -0.2) is 9.59 Å². The number of carbonyl (C=O) groups excluding carboxylic acids is 2. The van der Waals surface area contributed by atoms with Gasteiger partial charge in [-0.2, -0.15) is 0 Å². The molecule has 0 bridgehead atoms. The molecule has 2 aromatic rings. The molecule has 0 aromatic heterocycles. The van der Waals surface area contributed by atoms with E-state index in [0.29, 0.717) is 18.8 Å². The van der Waals surface area contributed by atoms with Gasteiger partial charge in [0.15, 0.2) is 5.57 Å². The Bertz CT molecular complexity index is 941. The molecular formula is C24H24O6. The third-order valence-corrected chi connectivity index (χ3v) is 5.17.